The Bertz CT molecular complexity index is 985. The first-order chi connectivity index (χ1) is 14.0. The highest BCUT2D eigenvalue weighted by Crippen LogP contribution is 2.29. The van der Waals surface area contributed by atoms with Crippen molar-refractivity contribution in [3.05, 3.63) is 89.3 Å². The molecule has 150 valence electrons. The van der Waals surface area contributed by atoms with Crippen LogP contribution < -0.4 is 5.32 Å². The molecule has 1 heterocycles. The Hall–Kier alpha value is -3.12. The van der Waals surface area contributed by atoms with E-state index in [1.54, 1.807) is 37.5 Å². The molecule has 0 saturated heterocycles. The second-order valence-corrected chi connectivity index (χ2v) is 6.15. The first kappa shape index (κ1) is 22.2. The number of allylic oxidation sites excluding steroid dienone is 4. The molecule has 0 aliphatic rings. The van der Waals surface area contributed by atoms with Crippen LogP contribution in [-0.4, -0.2) is 22.7 Å². The fraction of sp³-hybridized carbons (Fsp3) is 0.136. The van der Waals surface area contributed by atoms with Crippen molar-refractivity contribution in [2.75, 3.05) is 12.4 Å². The Morgan fingerprint density at radius 1 is 1.28 bits per heavy atom. The molecule has 0 amide bonds. The normalized spacial score (nSPS) is 12.3. The number of nitrogens with one attached hydrogen (secondary N) is 1. The number of hydrogen-bond donors (Lipinski definition) is 1. The highest BCUT2D eigenvalue weighted by molar-refractivity contribution is 6.31. The van der Waals surface area contributed by atoms with Gasteiger partial charge >= 0.3 is 0 Å². The van der Waals surface area contributed by atoms with Crippen molar-refractivity contribution in [2.45, 2.75) is 13.6 Å². The summed E-state index contributed by atoms with van der Waals surface area (Å²) in [7, 11) is 1.65. The van der Waals surface area contributed by atoms with E-state index in [1.165, 1.54) is 18.2 Å². The maximum Gasteiger partial charge on any atom is 0.180 e. The van der Waals surface area contributed by atoms with Gasteiger partial charge in [-0.3, -0.25) is 4.99 Å². The lowest BCUT2D eigenvalue weighted by Gasteiger charge is -2.13. The van der Waals surface area contributed by atoms with E-state index in [0.29, 0.717) is 22.7 Å². The van der Waals surface area contributed by atoms with Gasteiger partial charge in [-0.1, -0.05) is 49.0 Å². The molecule has 1 N–H and O–H groups in total. The van der Waals surface area contributed by atoms with Crippen LogP contribution in [0.15, 0.2) is 60.8 Å². The van der Waals surface area contributed by atoms with Crippen molar-refractivity contribution in [1.29, 1.82) is 0 Å². The average Bonchev–Trinajstić information content (AvgIpc) is 2.74. The van der Waals surface area contributed by atoms with Gasteiger partial charge < -0.3 is 5.32 Å². The fourth-order valence-electron chi connectivity index (χ4n) is 2.56. The molecule has 2 aromatic rings. The van der Waals surface area contributed by atoms with Gasteiger partial charge in [-0.2, -0.15) is 0 Å². The lowest BCUT2D eigenvalue weighted by atomic mass is 10.0. The zero-order valence-electron chi connectivity index (χ0n) is 16.2. The summed E-state index contributed by atoms with van der Waals surface area (Å²) >= 11 is 5.89. The third-order valence-electron chi connectivity index (χ3n) is 3.96. The molecule has 29 heavy (non-hydrogen) atoms. The molecule has 0 fully saturated rings. The number of halogens is 3. The van der Waals surface area contributed by atoms with E-state index in [2.05, 4.69) is 33.4 Å². The second-order valence-electron chi connectivity index (χ2n) is 5.75. The van der Waals surface area contributed by atoms with Crippen LogP contribution in [0, 0.1) is 5.82 Å². The summed E-state index contributed by atoms with van der Waals surface area (Å²) in [5.74, 6) is -0.00102. The first-order valence-electron chi connectivity index (χ1n) is 8.75. The molecule has 0 unspecified atom stereocenters. The number of rotatable bonds is 8. The Morgan fingerprint density at radius 3 is 2.62 bits per heavy atom. The van der Waals surface area contributed by atoms with Crippen LogP contribution in [0.1, 0.15) is 29.6 Å². The van der Waals surface area contributed by atoms with E-state index >= 15 is 0 Å². The molecule has 1 aromatic carbocycles. The van der Waals surface area contributed by atoms with Crippen LogP contribution in [0.5, 0.6) is 0 Å². The Balaban J connectivity index is 2.71. The zero-order chi connectivity index (χ0) is 21.4. The molecule has 0 radical (unpaired) electrons. The molecule has 0 aliphatic carbocycles. The molecule has 0 aliphatic heterocycles. The minimum Gasteiger partial charge on any atom is -0.373 e. The summed E-state index contributed by atoms with van der Waals surface area (Å²) in [5.41, 5.74) is 1.55. The number of anilines is 1. The molecule has 0 bridgehead atoms. The molecule has 1 aromatic heterocycles. The van der Waals surface area contributed by atoms with E-state index in [4.69, 9.17) is 11.6 Å². The molecule has 4 nitrogen and oxygen atoms in total. The zero-order valence-corrected chi connectivity index (χ0v) is 17.0. The molecular formula is C22H21ClF2N4. The van der Waals surface area contributed by atoms with Gasteiger partial charge in [0, 0.05) is 24.4 Å². The van der Waals surface area contributed by atoms with Crippen molar-refractivity contribution < 1.29 is 8.78 Å². The van der Waals surface area contributed by atoms with E-state index < -0.39 is 12.5 Å². The van der Waals surface area contributed by atoms with Gasteiger partial charge in [0.1, 0.15) is 24.0 Å². The number of nitrogens with zero attached hydrogens (tertiary/aromatic N) is 3. The SMILES string of the molecule is C=CC(=N/C=C\C)c1nc(CF)c(/C=C(\C=C)c2cccc(Cl)c2F)c(NC)n1. The van der Waals surface area contributed by atoms with Gasteiger partial charge in [0.15, 0.2) is 5.82 Å². The predicted octanol–water partition coefficient (Wildman–Crippen LogP) is 6.02. The molecule has 0 spiro atoms. The Morgan fingerprint density at radius 2 is 2.03 bits per heavy atom. The van der Waals surface area contributed by atoms with Gasteiger partial charge in [0.2, 0.25) is 0 Å². The highest BCUT2D eigenvalue weighted by Gasteiger charge is 2.16. The smallest absolute Gasteiger partial charge is 0.180 e. The van der Waals surface area contributed by atoms with Crippen molar-refractivity contribution in [3.63, 3.8) is 0 Å². The van der Waals surface area contributed by atoms with E-state index in [0.717, 1.165) is 0 Å². The summed E-state index contributed by atoms with van der Waals surface area (Å²) in [4.78, 5) is 12.9. The highest BCUT2D eigenvalue weighted by atomic mass is 35.5. The predicted molar refractivity (Wildman–Crippen MR) is 117 cm³/mol. The van der Waals surface area contributed by atoms with Gasteiger partial charge in [-0.25, -0.2) is 18.7 Å². The van der Waals surface area contributed by atoms with Crippen molar-refractivity contribution in [2.24, 2.45) is 4.99 Å². The summed E-state index contributed by atoms with van der Waals surface area (Å²) < 4.78 is 28.3. The Kier molecular flexibility index (Phi) is 7.98. The summed E-state index contributed by atoms with van der Waals surface area (Å²) in [6.07, 6.45) is 7.84. The summed E-state index contributed by atoms with van der Waals surface area (Å²) in [5, 5.41) is 2.91. The van der Waals surface area contributed by atoms with Crippen LogP contribution in [0.3, 0.4) is 0 Å². The second kappa shape index (κ2) is 10.4. The molecule has 0 atom stereocenters. The minimum atomic E-state index is -0.855. The Labute approximate surface area is 174 Å². The quantitative estimate of drug-likeness (QED) is 0.424. The average molecular weight is 415 g/mol. The molecular weight excluding hydrogens is 394 g/mol. The van der Waals surface area contributed by atoms with Crippen LogP contribution >= 0.6 is 11.6 Å². The lowest BCUT2D eigenvalue weighted by Crippen LogP contribution is -2.11. The van der Waals surface area contributed by atoms with Crippen molar-refractivity contribution in [1.82, 2.24) is 9.97 Å². The number of benzene rings is 1. The van der Waals surface area contributed by atoms with Crippen molar-refractivity contribution >= 4 is 34.8 Å². The van der Waals surface area contributed by atoms with Crippen LogP contribution in [0.2, 0.25) is 5.02 Å². The maximum atomic E-state index is 14.5. The number of aliphatic imine (C=N–C) groups is 1. The van der Waals surface area contributed by atoms with Gasteiger partial charge in [-0.05, 0) is 30.7 Å². The summed E-state index contributed by atoms with van der Waals surface area (Å²) in [6, 6.07) is 4.64. The number of alkyl halides is 1. The van der Waals surface area contributed by atoms with Crippen LogP contribution in [-0.2, 0) is 6.67 Å². The number of hydrogen-bond acceptors (Lipinski definition) is 4. The largest absolute Gasteiger partial charge is 0.373 e. The first-order valence-corrected chi connectivity index (χ1v) is 9.13. The van der Waals surface area contributed by atoms with Crippen LogP contribution in [0.4, 0.5) is 14.6 Å². The van der Waals surface area contributed by atoms with Crippen molar-refractivity contribution in [3.8, 4) is 0 Å². The van der Waals surface area contributed by atoms with Gasteiger partial charge in [-0.15, -0.1) is 0 Å². The third-order valence-corrected chi connectivity index (χ3v) is 4.25. The molecule has 7 heteroatoms. The third kappa shape index (κ3) is 5.03. The molecule has 0 saturated carbocycles. The van der Waals surface area contributed by atoms with Crippen LogP contribution in [0.25, 0.3) is 11.6 Å². The summed E-state index contributed by atoms with van der Waals surface area (Å²) in [6.45, 7) is 8.40. The standard InChI is InChI=1S/C22H21ClF2N4/c1-5-11-27-18(7-3)22-28-19(13-24)16(21(26-4)29-22)12-14(6-2)15-9-8-10-17(23)20(15)25/h5-12H,2-3,13H2,1,4H3,(H,26,28,29)/b11-5-,14-12+,27-18?. The van der Waals surface area contributed by atoms with E-state index in [1.807, 2.05) is 6.92 Å². The topological polar surface area (TPSA) is 50.2 Å². The van der Waals surface area contributed by atoms with E-state index in [9.17, 15) is 8.78 Å². The molecule has 2 rings (SSSR count). The maximum absolute atomic E-state index is 14.5. The monoisotopic (exact) mass is 414 g/mol. The number of aromatic nitrogens is 2. The van der Waals surface area contributed by atoms with Gasteiger partial charge in [0.05, 0.1) is 10.7 Å². The van der Waals surface area contributed by atoms with Gasteiger partial charge in [0.25, 0.3) is 0 Å². The minimum absolute atomic E-state index is 0.0165. The fourth-order valence-corrected chi connectivity index (χ4v) is 2.73. The lowest BCUT2D eigenvalue weighted by molar-refractivity contribution is 0.474. The van der Waals surface area contributed by atoms with E-state index in [-0.39, 0.29) is 22.1 Å².